The summed E-state index contributed by atoms with van der Waals surface area (Å²) in [6.45, 7) is 1.94. The highest BCUT2D eigenvalue weighted by molar-refractivity contribution is 7.14. The first-order valence-electron chi connectivity index (χ1n) is 9.01. The number of aromatic nitrogens is 2. The fourth-order valence-electron chi connectivity index (χ4n) is 3.58. The van der Waals surface area contributed by atoms with Crippen molar-refractivity contribution in [1.82, 2.24) is 9.78 Å². The lowest BCUT2D eigenvalue weighted by molar-refractivity contribution is -0.137. The maximum Gasteiger partial charge on any atom is 0.416 e. The average molecular weight is 457 g/mol. The van der Waals surface area contributed by atoms with Crippen LogP contribution in [0.3, 0.4) is 0 Å². The zero-order valence-electron chi connectivity index (χ0n) is 16.3. The van der Waals surface area contributed by atoms with Crippen molar-refractivity contribution in [2.45, 2.75) is 25.4 Å². The molecule has 0 aliphatic carbocycles. The Morgan fingerprint density at radius 1 is 1.37 bits per heavy atom. The van der Waals surface area contributed by atoms with Crippen LogP contribution in [-0.4, -0.2) is 22.2 Å². The highest BCUT2D eigenvalue weighted by Gasteiger charge is 2.32. The van der Waals surface area contributed by atoms with Crippen LogP contribution < -0.4 is 11.5 Å². The number of benzene rings is 1. The highest BCUT2D eigenvalue weighted by atomic mass is 35.5. The Kier molecular flexibility index (Phi) is 6.26. The lowest BCUT2D eigenvalue weighted by Crippen LogP contribution is -2.20. The molecule has 5 nitrogen and oxygen atoms in total. The number of hydrogen-bond donors (Lipinski definition) is 2. The molecule has 3 aromatic rings. The van der Waals surface area contributed by atoms with Crippen LogP contribution in [0.4, 0.5) is 13.2 Å². The van der Waals surface area contributed by atoms with Gasteiger partial charge < -0.3 is 11.5 Å². The van der Waals surface area contributed by atoms with Gasteiger partial charge in [0.1, 0.15) is 0 Å². The molecule has 160 valence electrons. The molecule has 0 unspecified atom stereocenters. The molecule has 0 fully saturated rings. The van der Waals surface area contributed by atoms with E-state index < -0.39 is 23.6 Å². The number of primary amides is 1. The van der Waals surface area contributed by atoms with Crippen molar-refractivity contribution in [1.29, 1.82) is 0 Å². The number of alkyl halides is 3. The van der Waals surface area contributed by atoms with E-state index in [1.54, 1.807) is 17.8 Å². The smallest absolute Gasteiger partial charge is 0.365 e. The molecule has 4 N–H and O–H groups in total. The van der Waals surface area contributed by atoms with Gasteiger partial charge >= 0.3 is 6.18 Å². The van der Waals surface area contributed by atoms with Crippen LogP contribution in [0.15, 0.2) is 30.5 Å². The van der Waals surface area contributed by atoms with E-state index in [0.29, 0.717) is 32.3 Å². The zero-order chi connectivity index (χ0) is 22.2. The monoisotopic (exact) mass is 456 g/mol. The second-order valence-corrected chi connectivity index (χ2v) is 8.57. The van der Waals surface area contributed by atoms with Crippen molar-refractivity contribution in [2.75, 3.05) is 6.54 Å². The van der Waals surface area contributed by atoms with Crippen LogP contribution in [0, 0.1) is 6.92 Å². The summed E-state index contributed by atoms with van der Waals surface area (Å²) in [6, 6.07) is 5.09. The second-order valence-electron chi connectivity index (χ2n) is 6.94. The number of carbonyl (C=O) groups is 1. The molecule has 1 aromatic carbocycles. The van der Waals surface area contributed by atoms with Crippen molar-refractivity contribution in [3.05, 3.63) is 61.9 Å². The van der Waals surface area contributed by atoms with Crippen LogP contribution in [0.2, 0.25) is 5.02 Å². The van der Waals surface area contributed by atoms with Gasteiger partial charge in [0, 0.05) is 23.4 Å². The summed E-state index contributed by atoms with van der Waals surface area (Å²) in [4.78, 5) is 13.3. The van der Waals surface area contributed by atoms with Crippen LogP contribution in [0.5, 0.6) is 0 Å². The number of amides is 1. The van der Waals surface area contributed by atoms with E-state index in [2.05, 4.69) is 5.10 Å². The molecule has 0 radical (unpaired) electrons. The Bertz CT molecular complexity index is 1070. The van der Waals surface area contributed by atoms with Crippen LogP contribution in [-0.2, 0) is 19.6 Å². The summed E-state index contributed by atoms with van der Waals surface area (Å²) in [5, 5.41) is 4.55. The summed E-state index contributed by atoms with van der Waals surface area (Å²) in [5.74, 6) is -1.06. The SMILES string of the molecule is Cc1sc(C(N)=O)c([C@@H](CN)Cc2cccc(C(F)(F)F)c2)c1-c1c(Cl)cnn1C. The minimum absolute atomic E-state index is 0.106. The van der Waals surface area contributed by atoms with Gasteiger partial charge in [-0.05, 0) is 37.1 Å². The van der Waals surface area contributed by atoms with Gasteiger partial charge in [-0.1, -0.05) is 29.8 Å². The molecule has 0 bridgehead atoms. The van der Waals surface area contributed by atoms with E-state index in [1.807, 2.05) is 6.92 Å². The Balaban J connectivity index is 2.14. The number of thiophene rings is 1. The molecule has 2 aromatic heterocycles. The molecule has 0 saturated heterocycles. The summed E-state index contributed by atoms with van der Waals surface area (Å²) in [7, 11) is 1.72. The van der Waals surface area contributed by atoms with E-state index in [1.165, 1.54) is 23.6 Å². The maximum atomic E-state index is 13.1. The third kappa shape index (κ3) is 4.23. The Hall–Kier alpha value is -2.36. The van der Waals surface area contributed by atoms with E-state index in [-0.39, 0.29) is 13.0 Å². The third-order valence-corrected chi connectivity index (χ3v) is 6.32. The standard InChI is InChI=1S/C20H20ClF3N4OS/c1-10-15(17-14(21)9-27-28(17)2)16(18(30-10)19(26)29)12(8-25)6-11-4-3-5-13(7-11)20(22,23)24/h3-5,7,9,12H,6,8,25H2,1-2H3,(H2,26,29)/t12-/m1/s1. The van der Waals surface area contributed by atoms with E-state index in [0.717, 1.165) is 17.0 Å². The van der Waals surface area contributed by atoms with Crippen LogP contribution >= 0.6 is 22.9 Å². The van der Waals surface area contributed by atoms with Crippen molar-refractivity contribution >= 4 is 28.8 Å². The third-order valence-electron chi connectivity index (χ3n) is 4.91. The fourth-order valence-corrected chi connectivity index (χ4v) is 4.94. The van der Waals surface area contributed by atoms with Crippen molar-refractivity contribution in [3.63, 3.8) is 0 Å². The number of nitrogens with zero attached hydrogens (tertiary/aromatic N) is 2. The van der Waals surface area contributed by atoms with Gasteiger partial charge in [-0.25, -0.2) is 0 Å². The molecule has 0 saturated carbocycles. The molecule has 0 aliphatic heterocycles. The Morgan fingerprint density at radius 2 is 2.07 bits per heavy atom. The highest BCUT2D eigenvalue weighted by Crippen LogP contribution is 2.43. The van der Waals surface area contributed by atoms with Crippen molar-refractivity contribution in [3.8, 4) is 11.3 Å². The number of nitrogens with two attached hydrogens (primary N) is 2. The van der Waals surface area contributed by atoms with Crippen LogP contribution in [0.25, 0.3) is 11.3 Å². The largest absolute Gasteiger partial charge is 0.416 e. The number of halogens is 4. The van der Waals surface area contributed by atoms with Gasteiger partial charge in [-0.15, -0.1) is 11.3 Å². The van der Waals surface area contributed by atoms with Gasteiger partial charge in [0.15, 0.2) is 0 Å². The molecule has 0 aliphatic rings. The molecule has 3 rings (SSSR count). The second kappa shape index (κ2) is 8.41. The summed E-state index contributed by atoms with van der Waals surface area (Å²) < 4.78 is 40.9. The molecule has 10 heteroatoms. The zero-order valence-corrected chi connectivity index (χ0v) is 17.8. The Morgan fingerprint density at radius 3 is 2.60 bits per heavy atom. The van der Waals surface area contributed by atoms with Gasteiger partial charge in [0.25, 0.3) is 5.91 Å². The number of rotatable bonds is 6. The van der Waals surface area contributed by atoms with E-state index in [9.17, 15) is 18.0 Å². The molecule has 2 heterocycles. The number of aryl methyl sites for hydroxylation is 2. The Labute approximate surface area is 180 Å². The summed E-state index contributed by atoms with van der Waals surface area (Å²) >= 11 is 7.56. The lowest BCUT2D eigenvalue weighted by Gasteiger charge is -2.19. The minimum atomic E-state index is -4.45. The van der Waals surface area contributed by atoms with Gasteiger partial charge in [-0.3, -0.25) is 9.48 Å². The topological polar surface area (TPSA) is 86.9 Å². The lowest BCUT2D eigenvalue weighted by atomic mass is 9.87. The van der Waals surface area contributed by atoms with Gasteiger partial charge in [0.2, 0.25) is 0 Å². The first-order valence-corrected chi connectivity index (χ1v) is 10.2. The number of hydrogen-bond acceptors (Lipinski definition) is 4. The first kappa shape index (κ1) is 22.3. The molecular weight excluding hydrogens is 437 g/mol. The summed E-state index contributed by atoms with van der Waals surface area (Å²) in [5.41, 5.74) is 13.3. The fraction of sp³-hybridized carbons (Fsp3) is 0.300. The molecular formula is C20H20ClF3N4OS. The quantitative estimate of drug-likeness (QED) is 0.572. The van der Waals surface area contributed by atoms with E-state index in [4.69, 9.17) is 23.1 Å². The normalized spacial score (nSPS) is 12.9. The summed E-state index contributed by atoms with van der Waals surface area (Å²) in [6.07, 6.45) is -2.75. The predicted molar refractivity (Wildman–Crippen MR) is 112 cm³/mol. The molecule has 30 heavy (non-hydrogen) atoms. The first-order chi connectivity index (χ1) is 14.0. The molecule has 1 amide bonds. The maximum absolute atomic E-state index is 13.1. The average Bonchev–Trinajstić information content (AvgIpc) is 3.18. The van der Waals surface area contributed by atoms with E-state index >= 15 is 0 Å². The number of carbonyl (C=O) groups excluding carboxylic acids is 1. The minimum Gasteiger partial charge on any atom is -0.365 e. The van der Waals surface area contributed by atoms with Crippen LogP contribution in [0.1, 0.15) is 37.2 Å². The van der Waals surface area contributed by atoms with Gasteiger partial charge in [0.05, 0.1) is 27.4 Å². The molecule has 0 spiro atoms. The van der Waals surface area contributed by atoms with Crippen molar-refractivity contribution < 1.29 is 18.0 Å². The molecule has 1 atom stereocenters. The van der Waals surface area contributed by atoms with Crippen molar-refractivity contribution in [2.24, 2.45) is 18.5 Å². The van der Waals surface area contributed by atoms with Gasteiger partial charge in [-0.2, -0.15) is 18.3 Å². The predicted octanol–water partition coefficient (Wildman–Crippen LogP) is 4.51.